The summed E-state index contributed by atoms with van der Waals surface area (Å²) in [7, 11) is -4.12. The Kier molecular flexibility index (Phi) is 3.41. The third-order valence-corrected chi connectivity index (χ3v) is 2.42. The highest BCUT2D eigenvalue weighted by atomic mass is 32.2. The second-order valence-corrected chi connectivity index (χ2v) is 4.21. The van der Waals surface area contributed by atoms with Gasteiger partial charge in [0.25, 0.3) is 10.1 Å². The van der Waals surface area contributed by atoms with Gasteiger partial charge in [0, 0.05) is 5.57 Å². The molecular formula is C6H11NO4S. The molecule has 0 rings (SSSR count). The fourth-order valence-corrected chi connectivity index (χ4v) is 0.896. The van der Waals surface area contributed by atoms with Crippen LogP contribution in [0.2, 0.25) is 0 Å². The smallest absolute Gasteiger partial charge is 0.271 e. The zero-order valence-electron chi connectivity index (χ0n) is 6.81. The van der Waals surface area contributed by atoms with Crippen molar-refractivity contribution in [3.8, 4) is 0 Å². The van der Waals surface area contributed by atoms with Crippen LogP contribution in [0.3, 0.4) is 0 Å². The molecule has 12 heavy (non-hydrogen) atoms. The van der Waals surface area contributed by atoms with Gasteiger partial charge in [-0.2, -0.15) is 8.42 Å². The molecule has 0 fully saturated rings. The third-order valence-electron chi connectivity index (χ3n) is 1.34. The van der Waals surface area contributed by atoms with Crippen LogP contribution in [0.15, 0.2) is 11.6 Å². The van der Waals surface area contributed by atoms with Gasteiger partial charge in [0.05, 0.1) is 0 Å². The van der Waals surface area contributed by atoms with Crippen LogP contribution in [0.25, 0.3) is 0 Å². The van der Waals surface area contributed by atoms with Crippen LogP contribution < -0.4 is 5.73 Å². The van der Waals surface area contributed by atoms with Crippen LogP contribution in [-0.4, -0.2) is 24.1 Å². The summed E-state index contributed by atoms with van der Waals surface area (Å²) in [5, 5.41) is -1.11. The summed E-state index contributed by atoms with van der Waals surface area (Å²) in [4.78, 5) is 10.4. The molecule has 0 aliphatic heterocycles. The molecule has 0 aliphatic carbocycles. The first-order valence-electron chi connectivity index (χ1n) is 3.19. The number of primary amides is 1. The quantitative estimate of drug-likeness (QED) is 0.474. The summed E-state index contributed by atoms with van der Waals surface area (Å²) in [6.45, 7) is 2.63. The molecule has 1 atom stereocenters. The molecule has 0 saturated carbocycles. The molecule has 0 aromatic heterocycles. The fraction of sp³-hybridized carbons (Fsp3) is 0.500. The van der Waals surface area contributed by atoms with Crippen molar-refractivity contribution in [1.29, 1.82) is 0 Å². The Hall–Kier alpha value is -0.880. The Labute approximate surface area is 71.0 Å². The molecule has 70 valence electrons. The van der Waals surface area contributed by atoms with E-state index in [0.29, 0.717) is 0 Å². The molecule has 0 aromatic carbocycles. The summed E-state index contributed by atoms with van der Waals surface area (Å²) >= 11 is 0. The first kappa shape index (κ1) is 11.1. The molecule has 0 bridgehead atoms. The summed E-state index contributed by atoms with van der Waals surface area (Å²) in [6, 6.07) is 0. The minimum atomic E-state index is -4.12. The molecule has 1 unspecified atom stereocenters. The minimum Gasteiger partial charge on any atom is -0.366 e. The average Bonchev–Trinajstić information content (AvgIpc) is 1.85. The van der Waals surface area contributed by atoms with E-state index in [-0.39, 0.29) is 5.57 Å². The molecule has 1 amide bonds. The van der Waals surface area contributed by atoms with E-state index in [2.05, 4.69) is 0 Å². The van der Waals surface area contributed by atoms with Crippen LogP contribution in [0.4, 0.5) is 0 Å². The number of carbonyl (C=O) groups is 1. The predicted molar refractivity (Wildman–Crippen MR) is 44.0 cm³/mol. The summed E-state index contributed by atoms with van der Waals surface area (Å²) in [6.07, 6.45) is 1.09. The highest BCUT2D eigenvalue weighted by Gasteiger charge is 2.15. The average molecular weight is 193 g/mol. The van der Waals surface area contributed by atoms with Crippen molar-refractivity contribution in [3.05, 3.63) is 11.6 Å². The van der Waals surface area contributed by atoms with Crippen molar-refractivity contribution in [1.82, 2.24) is 0 Å². The zero-order valence-corrected chi connectivity index (χ0v) is 7.63. The van der Waals surface area contributed by atoms with Gasteiger partial charge in [-0.15, -0.1) is 0 Å². The van der Waals surface area contributed by atoms with Gasteiger partial charge in [0.15, 0.2) is 0 Å². The number of amides is 1. The van der Waals surface area contributed by atoms with Crippen molar-refractivity contribution in [2.24, 2.45) is 5.73 Å². The molecule has 6 heteroatoms. The molecule has 0 radical (unpaired) electrons. The van der Waals surface area contributed by atoms with Gasteiger partial charge < -0.3 is 5.73 Å². The van der Waals surface area contributed by atoms with E-state index in [1.165, 1.54) is 13.8 Å². The van der Waals surface area contributed by atoms with E-state index >= 15 is 0 Å². The lowest BCUT2D eigenvalue weighted by molar-refractivity contribution is -0.114. The first-order chi connectivity index (χ1) is 5.25. The maximum absolute atomic E-state index is 10.4. The van der Waals surface area contributed by atoms with Gasteiger partial charge in [-0.3, -0.25) is 9.35 Å². The standard InChI is InChI=1S/C6H11NO4S/c1-4(6(7)8)3-5(2)12(9,10)11/h3,5H,1-2H3,(H2,7,8)(H,9,10,11)/b4-3+. The van der Waals surface area contributed by atoms with Gasteiger partial charge in [0.1, 0.15) is 5.25 Å². The van der Waals surface area contributed by atoms with Crippen LogP contribution in [0.1, 0.15) is 13.8 Å². The number of rotatable bonds is 3. The fourth-order valence-electron chi connectivity index (χ4n) is 0.520. The molecule has 0 heterocycles. The van der Waals surface area contributed by atoms with Crippen LogP contribution in [-0.2, 0) is 14.9 Å². The van der Waals surface area contributed by atoms with Gasteiger partial charge in [0.2, 0.25) is 5.91 Å². The number of carbonyl (C=O) groups excluding carboxylic acids is 1. The molecular weight excluding hydrogens is 182 g/mol. The topological polar surface area (TPSA) is 97.5 Å². The maximum Gasteiger partial charge on any atom is 0.271 e. The van der Waals surface area contributed by atoms with Crippen LogP contribution in [0, 0.1) is 0 Å². The Morgan fingerprint density at radius 1 is 1.58 bits per heavy atom. The SMILES string of the molecule is C/C(=C\C(C)S(=O)(=O)O)C(N)=O. The van der Waals surface area contributed by atoms with Crippen LogP contribution >= 0.6 is 0 Å². The second-order valence-electron chi connectivity index (χ2n) is 2.43. The van der Waals surface area contributed by atoms with Crippen molar-refractivity contribution in [2.45, 2.75) is 19.1 Å². The van der Waals surface area contributed by atoms with E-state index in [1.54, 1.807) is 0 Å². The van der Waals surface area contributed by atoms with Gasteiger partial charge >= 0.3 is 0 Å². The van der Waals surface area contributed by atoms with Crippen molar-refractivity contribution in [2.75, 3.05) is 0 Å². The Balaban J connectivity index is 4.68. The monoisotopic (exact) mass is 193 g/mol. The van der Waals surface area contributed by atoms with Crippen molar-refractivity contribution < 1.29 is 17.8 Å². The van der Waals surface area contributed by atoms with E-state index in [4.69, 9.17) is 10.3 Å². The zero-order chi connectivity index (χ0) is 9.94. The maximum atomic E-state index is 10.4. The van der Waals surface area contributed by atoms with Crippen molar-refractivity contribution in [3.63, 3.8) is 0 Å². The normalized spacial score (nSPS) is 15.8. The molecule has 3 N–H and O–H groups in total. The molecule has 0 aromatic rings. The third kappa shape index (κ3) is 3.49. The van der Waals surface area contributed by atoms with E-state index in [9.17, 15) is 13.2 Å². The summed E-state index contributed by atoms with van der Waals surface area (Å²) < 4.78 is 29.4. The van der Waals surface area contributed by atoms with Gasteiger partial charge in [-0.1, -0.05) is 6.08 Å². The highest BCUT2D eigenvalue weighted by molar-refractivity contribution is 7.86. The molecule has 0 saturated heterocycles. The lowest BCUT2D eigenvalue weighted by Crippen LogP contribution is -2.18. The first-order valence-corrected chi connectivity index (χ1v) is 4.70. The Bertz CT molecular complexity index is 304. The summed E-state index contributed by atoms with van der Waals surface area (Å²) in [5.41, 5.74) is 4.96. The number of hydrogen-bond acceptors (Lipinski definition) is 3. The van der Waals surface area contributed by atoms with Gasteiger partial charge in [-0.25, -0.2) is 0 Å². The molecule has 0 spiro atoms. The number of hydrogen-bond donors (Lipinski definition) is 2. The molecule has 0 aliphatic rings. The van der Waals surface area contributed by atoms with Crippen LogP contribution in [0.5, 0.6) is 0 Å². The minimum absolute atomic E-state index is 0.111. The second kappa shape index (κ2) is 3.68. The molecule has 5 nitrogen and oxygen atoms in total. The van der Waals surface area contributed by atoms with Crippen molar-refractivity contribution >= 4 is 16.0 Å². The number of nitrogens with two attached hydrogens (primary N) is 1. The largest absolute Gasteiger partial charge is 0.366 e. The predicted octanol–water partition coefficient (Wildman–Crippen LogP) is -0.306. The Morgan fingerprint density at radius 3 is 2.25 bits per heavy atom. The lowest BCUT2D eigenvalue weighted by atomic mass is 10.2. The van der Waals surface area contributed by atoms with E-state index < -0.39 is 21.3 Å². The summed E-state index contributed by atoms with van der Waals surface area (Å²) in [5.74, 6) is -0.703. The highest BCUT2D eigenvalue weighted by Crippen LogP contribution is 2.03. The lowest BCUT2D eigenvalue weighted by Gasteiger charge is -2.02. The van der Waals surface area contributed by atoms with E-state index in [0.717, 1.165) is 6.08 Å². The van der Waals surface area contributed by atoms with E-state index in [1.807, 2.05) is 0 Å². The van der Waals surface area contributed by atoms with Gasteiger partial charge in [-0.05, 0) is 13.8 Å². The Morgan fingerprint density at radius 2 is 2.00 bits per heavy atom.